The number of fused-ring (bicyclic) bond motifs is 7. The minimum absolute atomic E-state index is 0.705. The van der Waals surface area contributed by atoms with Crippen LogP contribution in [0.4, 0.5) is 0 Å². The molecule has 0 spiro atoms. The van der Waals surface area contributed by atoms with Gasteiger partial charge in [0, 0.05) is 54.6 Å². The lowest BCUT2D eigenvalue weighted by molar-refractivity contribution is 0.669. The van der Waals surface area contributed by atoms with Crippen LogP contribution in [0.3, 0.4) is 0 Å². The van der Waals surface area contributed by atoms with Gasteiger partial charge >= 0.3 is 0 Å². The molecule has 3 aromatic heterocycles. The molecule has 0 aliphatic rings. The molecule has 61 heavy (non-hydrogen) atoms. The van der Waals surface area contributed by atoms with Gasteiger partial charge in [-0.2, -0.15) is 0 Å². The second kappa shape index (κ2) is 14.3. The summed E-state index contributed by atoms with van der Waals surface area (Å²) in [6.45, 7) is 0. The van der Waals surface area contributed by atoms with Crippen LogP contribution in [0.5, 0.6) is 0 Å². The summed E-state index contributed by atoms with van der Waals surface area (Å²) in [6.07, 6.45) is 0. The Morgan fingerprint density at radius 3 is 1.54 bits per heavy atom. The molecule has 9 aromatic carbocycles. The number of benzene rings is 9. The number of hydrogen-bond acceptors (Lipinski definition) is 4. The topological polar surface area (TPSA) is 51.8 Å². The fraction of sp³-hybridized carbons (Fsp3) is 0. The van der Waals surface area contributed by atoms with E-state index in [1.165, 1.54) is 5.56 Å². The molecular formula is C57H35N3O. The lowest BCUT2D eigenvalue weighted by Crippen LogP contribution is -1.95. The maximum atomic E-state index is 6.65. The lowest BCUT2D eigenvalue weighted by atomic mass is 9.88. The standard InChI is InChI=1S/C57H35N3O/c1-3-14-36(15-4-1)37-28-32-41(33-29-37)57-59-49-24-11-8-21-45(49)55(60-57)40-30-26-38(27-31-40)42-18-13-19-43(34-42)52-53-44-20-7-10-23-48(44)58-56(39-16-5-2-6-17-39)47(53)35-51-54(52)46-22-9-12-25-50(46)61-51/h1-35H. The summed E-state index contributed by atoms with van der Waals surface area (Å²) < 4.78 is 6.65. The Bertz CT molecular complexity index is 3610. The van der Waals surface area contributed by atoms with Crippen molar-refractivity contribution in [2.24, 2.45) is 0 Å². The highest BCUT2D eigenvalue weighted by Crippen LogP contribution is 2.47. The monoisotopic (exact) mass is 777 g/mol. The molecule has 0 aliphatic carbocycles. The van der Waals surface area contributed by atoms with Crippen molar-refractivity contribution in [2.45, 2.75) is 0 Å². The van der Waals surface area contributed by atoms with E-state index in [2.05, 4.69) is 188 Å². The maximum absolute atomic E-state index is 6.65. The Balaban J connectivity index is 0.999. The Morgan fingerprint density at radius 2 is 0.787 bits per heavy atom. The van der Waals surface area contributed by atoms with Crippen LogP contribution < -0.4 is 0 Å². The van der Waals surface area contributed by atoms with Crippen molar-refractivity contribution < 1.29 is 4.42 Å². The molecule has 0 amide bonds. The van der Waals surface area contributed by atoms with Crippen LogP contribution in [0.15, 0.2) is 217 Å². The molecule has 4 nitrogen and oxygen atoms in total. The van der Waals surface area contributed by atoms with E-state index >= 15 is 0 Å². The van der Waals surface area contributed by atoms with E-state index in [4.69, 9.17) is 19.4 Å². The van der Waals surface area contributed by atoms with Gasteiger partial charge in [0.05, 0.1) is 22.4 Å². The summed E-state index contributed by atoms with van der Waals surface area (Å²) >= 11 is 0. The first kappa shape index (κ1) is 34.8. The van der Waals surface area contributed by atoms with Gasteiger partial charge in [-0.25, -0.2) is 15.0 Å². The molecule has 3 heterocycles. The molecule has 0 radical (unpaired) electrons. The Morgan fingerprint density at radius 1 is 0.279 bits per heavy atom. The van der Waals surface area contributed by atoms with E-state index in [9.17, 15) is 0 Å². The second-order valence-electron chi connectivity index (χ2n) is 15.5. The maximum Gasteiger partial charge on any atom is 0.160 e. The third kappa shape index (κ3) is 5.96. The first-order chi connectivity index (χ1) is 30.2. The molecule has 0 atom stereocenters. The molecule has 0 saturated heterocycles. The van der Waals surface area contributed by atoms with Gasteiger partial charge in [0.25, 0.3) is 0 Å². The largest absolute Gasteiger partial charge is 0.456 e. The number of furan rings is 1. The van der Waals surface area contributed by atoms with Crippen LogP contribution in [0.25, 0.3) is 122 Å². The fourth-order valence-corrected chi connectivity index (χ4v) is 8.96. The first-order valence-electron chi connectivity index (χ1n) is 20.6. The second-order valence-corrected chi connectivity index (χ2v) is 15.5. The average molecular weight is 778 g/mol. The molecule has 4 heteroatoms. The number of pyridine rings is 1. The average Bonchev–Trinajstić information content (AvgIpc) is 3.71. The zero-order chi connectivity index (χ0) is 40.3. The summed E-state index contributed by atoms with van der Waals surface area (Å²) in [5, 5.41) is 6.55. The molecular weight excluding hydrogens is 743 g/mol. The quantitative estimate of drug-likeness (QED) is 0.158. The van der Waals surface area contributed by atoms with Gasteiger partial charge in [-0.3, -0.25) is 0 Å². The van der Waals surface area contributed by atoms with Gasteiger partial charge in [0.1, 0.15) is 11.2 Å². The number of aromatic nitrogens is 3. The van der Waals surface area contributed by atoms with Crippen molar-refractivity contribution in [2.75, 3.05) is 0 Å². The van der Waals surface area contributed by atoms with Gasteiger partial charge in [-0.1, -0.05) is 182 Å². The Kier molecular flexibility index (Phi) is 8.13. The normalized spacial score (nSPS) is 11.6. The SMILES string of the molecule is c1ccc(-c2ccc(-c3nc(-c4ccc(-c5cccc(-c6c7c(cc8c(-c9ccccc9)nc9ccccc9c68)oc6ccccc67)c5)cc4)c4ccccc4n3)cc2)cc1. The predicted octanol–water partition coefficient (Wildman–Crippen LogP) is 15.2. The number of rotatable bonds is 6. The van der Waals surface area contributed by atoms with Crippen LogP contribution >= 0.6 is 0 Å². The van der Waals surface area contributed by atoms with Crippen molar-refractivity contribution in [1.82, 2.24) is 15.0 Å². The summed E-state index contributed by atoms with van der Waals surface area (Å²) in [5.41, 5.74) is 15.4. The van der Waals surface area contributed by atoms with Crippen molar-refractivity contribution in [3.8, 4) is 67.3 Å². The zero-order valence-corrected chi connectivity index (χ0v) is 33.0. The summed E-state index contributed by atoms with van der Waals surface area (Å²) in [6, 6.07) is 74.4. The summed E-state index contributed by atoms with van der Waals surface area (Å²) in [4.78, 5) is 15.5. The molecule has 12 rings (SSSR count). The van der Waals surface area contributed by atoms with Crippen molar-refractivity contribution in [1.29, 1.82) is 0 Å². The molecule has 12 aromatic rings. The number of nitrogens with zero attached hydrogens (tertiary/aromatic N) is 3. The van der Waals surface area contributed by atoms with E-state index in [1.807, 2.05) is 24.3 Å². The summed E-state index contributed by atoms with van der Waals surface area (Å²) in [7, 11) is 0. The highest BCUT2D eigenvalue weighted by atomic mass is 16.3. The molecule has 0 bridgehead atoms. The van der Waals surface area contributed by atoms with Crippen molar-refractivity contribution >= 4 is 54.5 Å². The third-order valence-electron chi connectivity index (χ3n) is 11.9. The van der Waals surface area contributed by atoms with E-state index in [0.717, 1.165) is 110 Å². The van der Waals surface area contributed by atoms with Crippen LogP contribution in [0.2, 0.25) is 0 Å². The molecule has 0 aliphatic heterocycles. The molecule has 0 saturated carbocycles. The number of hydrogen-bond donors (Lipinski definition) is 0. The Labute approximate surface area is 352 Å². The van der Waals surface area contributed by atoms with Gasteiger partial charge in [0.15, 0.2) is 5.82 Å². The van der Waals surface area contributed by atoms with Crippen molar-refractivity contribution in [3.05, 3.63) is 212 Å². The van der Waals surface area contributed by atoms with Gasteiger partial charge in [-0.15, -0.1) is 0 Å². The van der Waals surface area contributed by atoms with E-state index in [1.54, 1.807) is 0 Å². The van der Waals surface area contributed by atoms with E-state index in [-0.39, 0.29) is 0 Å². The minimum atomic E-state index is 0.705. The smallest absolute Gasteiger partial charge is 0.160 e. The van der Waals surface area contributed by atoms with Gasteiger partial charge in [0.2, 0.25) is 0 Å². The van der Waals surface area contributed by atoms with Crippen LogP contribution in [-0.4, -0.2) is 15.0 Å². The molecule has 0 N–H and O–H groups in total. The van der Waals surface area contributed by atoms with Crippen LogP contribution in [0.1, 0.15) is 0 Å². The fourth-order valence-electron chi connectivity index (χ4n) is 8.96. The predicted molar refractivity (Wildman–Crippen MR) is 252 cm³/mol. The first-order valence-corrected chi connectivity index (χ1v) is 20.6. The minimum Gasteiger partial charge on any atom is -0.456 e. The summed E-state index contributed by atoms with van der Waals surface area (Å²) in [5.74, 6) is 0.705. The highest BCUT2D eigenvalue weighted by Gasteiger charge is 2.22. The molecule has 284 valence electrons. The number of para-hydroxylation sites is 3. The molecule has 0 fully saturated rings. The lowest BCUT2D eigenvalue weighted by Gasteiger charge is -2.16. The molecule has 0 unspecified atom stereocenters. The van der Waals surface area contributed by atoms with Gasteiger partial charge in [-0.05, 0) is 58.1 Å². The van der Waals surface area contributed by atoms with E-state index < -0.39 is 0 Å². The van der Waals surface area contributed by atoms with Crippen LogP contribution in [0, 0.1) is 0 Å². The zero-order valence-electron chi connectivity index (χ0n) is 33.0. The van der Waals surface area contributed by atoms with Crippen molar-refractivity contribution in [3.63, 3.8) is 0 Å². The van der Waals surface area contributed by atoms with Gasteiger partial charge < -0.3 is 4.42 Å². The van der Waals surface area contributed by atoms with Crippen LogP contribution in [-0.2, 0) is 0 Å². The third-order valence-corrected chi connectivity index (χ3v) is 11.9. The van der Waals surface area contributed by atoms with E-state index in [0.29, 0.717) is 5.82 Å². The highest BCUT2D eigenvalue weighted by molar-refractivity contribution is 6.27. The Hall–Kier alpha value is -8.21.